The molecule has 0 aliphatic heterocycles. The molecule has 2 N–H and O–H groups in total. The van der Waals surface area contributed by atoms with Gasteiger partial charge in [-0.3, -0.25) is 0 Å². The Balaban J connectivity index is 2.48. The lowest BCUT2D eigenvalue weighted by Gasteiger charge is -2.25. The van der Waals surface area contributed by atoms with Gasteiger partial charge in [0.05, 0.1) is 5.75 Å². The molecule has 4 nitrogen and oxygen atoms in total. The maximum absolute atomic E-state index is 11.6. The molecule has 5 heteroatoms. The molecule has 0 unspecified atom stereocenters. The van der Waals surface area contributed by atoms with Crippen molar-refractivity contribution in [1.82, 2.24) is 10.0 Å². The van der Waals surface area contributed by atoms with E-state index >= 15 is 0 Å². The average molecular weight is 220 g/mol. The molecule has 1 fully saturated rings. The minimum Gasteiger partial charge on any atom is -0.319 e. The highest BCUT2D eigenvalue weighted by molar-refractivity contribution is 7.89. The van der Waals surface area contributed by atoms with Gasteiger partial charge >= 0.3 is 0 Å². The van der Waals surface area contributed by atoms with Crippen molar-refractivity contribution in [3.05, 3.63) is 0 Å². The smallest absolute Gasteiger partial charge is 0.213 e. The van der Waals surface area contributed by atoms with Gasteiger partial charge in [0.1, 0.15) is 0 Å². The Morgan fingerprint density at radius 3 is 2.36 bits per heavy atom. The van der Waals surface area contributed by atoms with Gasteiger partial charge in [-0.1, -0.05) is 0 Å². The molecular formula is C9H20N2O2S. The predicted octanol–water partition coefficient (Wildman–Crippen LogP) is 0.314. The molecule has 0 amide bonds. The first kappa shape index (κ1) is 11.9. The highest BCUT2D eigenvalue weighted by atomic mass is 32.2. The fraction of sp³-hybridized carbons (Fsp3) is 1.00. The molecule has 0 spiro atoms. The fourth-order valence-corrected chi connectivity index (χ4v) is 3.12. The van der Waals surface area contributed by atoms with Crippen molar-refractivity contribution < 1.29 is 8.42 Å². The van der Waals surface area contributed by atoms with Crippen LogP contribution in [0.4, 0.5) is 0 Å². The zero-order valence-electron chi connectivity index (χ0n) is 9.13. The molecule has 0 saturated heterocycles. The van der Waals surface area contributed by atoms with Gasteiger partial charge in [-0.25, -0.2) is 13.1 Å². The van der Waals surface area contributed by atoms with Crippen molar-refractivity contribution in [1.29, 1.82) is 0 Å². The molecule has 0 aromatic heterocycles. The van der Waals surface area contributed by atoms with Crippen molar-refractivity contribution in [2.75, 3.05) is 19.3 Å². The molecule has 1 saturated carbocycles. The lowest BCUT2D eigenvalue weighted by molar-refractivity contribution is 0.400. The van der Waals surface area contributed by atoms with Crippen molar-refractivity contribution in [3.8, 4) is 0 Å². The van der Waals surface area contributed by atoms with Crippen LogP contribution in [0.1, 0.15) is 26.7 Å². The number of sulfonamides is 1. The summed E-state index contributed by atoms with van der Waals surface area (Å²) in [6.45, 7) is 4.42. The predicted molar refractivity (Wildman–Crippen MR) is 57.7 cm³/mol. The summed E-state index contributed by atoms with van der Waals surface area (Å²) >= 11 is 0. The van der Waals surface area contributed by atoms with Crippen molar-refractivity contribution in [2.45, 2.75) is 32.2 Å². The monoisotopic (exact) mass is 220 g/mol. The number of hydrogen-bond donors (Lipinski definition) is 2. The fourth-order valence-electron chi connectivity index (χ4n) is 1.58. The highest BCUT2D eigenvalue weighted by Gasteiger charge is 2.40. The molecule has 0 atom stereocenters. The Morgan fingerprint density at radius 2 is 1.93 bits per heavy atom. The summed E-state index contributed by atoms with van der Waals surface area (Å²) < 4.78 is 25.9. The molecule has 0 aromatic carbocycles. The second-order valence-corrected chi connectivity index (χ2v) is 6.36. The van der Waals surface area contributed by atoms with Gasteiger partial charge in [-0.15, -0.1) is 0 Å². The van der Waals surface area contributed by atoms with Crippen LogP contribution in [-0.4, -0.2) is 33.3 Å². The SMILES string of the molecule is CNCCS(=O)(=O)NC(C)(C)C1CC1. The van der Waals surface area contributed by atoms with Crippen LogP contribution in [0.5, 0.6) is 0 Å². The summed E-state index contributed by atoms with van der Waals surface area (Å²) in [7, 11) is -1.37. The molecule has 84 valence electrons. The standard InChI is InChI=1S/C9H20N2O2S/c1-9(2,8-4-5-8)11-14(12,13)7-6-10-3/h8,10-11H,4-7H2,1-3H3. The summed E-state index contributed by atoms with van der Waals surface area (Å²) in [6.07, 6.45) is 2.28. The summed E-state index contributed by atoms with van der Waals surface area (Å²) in [5, 5.41) is 2.84. The molecular weight excluding hydrogens is 200 g/mol. The van der Waals surface area contributed by atoms with E-state index in [9.17, 15) is 8.42 Å². The van der Waals surface area contributed by atoms with Crippen LogP contribution in [0.15, 0.2) is 0 Å². The van der Waals surface area contributed by atoms with Gasteiger partial charge in [-0.2, -0.15) is 0 Å². The number of hydrogen-bond acceptors (Lipinski definition) is 3. The lowest BCUT2D eigenvalue weighted by Crippen LogP contribution is -2.47. The maximum atomic E-state index is 11.6. The molecule has 0 aromatic rings. The average Bonchev–Trinajstić information content (AvgIpc) is 2.80. The summed E-state index contributed by atoms with van der Waals surface area (Å²) in [6, 6.07) is 0. The number of rotatable bonds is 6. The van der Waals surface area contributed by atoms with E-state index in [0.29, 0.717) is 12.5 Å². The third kappa shape index (κ3) is 3.55. The third-order valence-corrected chi connectivity index (χ3v) is 4.22. The molecule has 1 rings (SSSR count). The first-order chi connectivity index (χ1) is 6.37. The van der Waals surface area contributed by atoms with Gasteiger partial charge in [0, 0.05) is 12.1 Å². The van der Waals surface area contributed by atoms with Crippen molar-refractivity contribution in [2.24, 2.45) is 5.92 Å². The van der Waals surface area contributed by atoms with Gasteiger partial charge in [0.15, 0.2) is 0 Å². The molecule has 0 bridgehead atoms. The van der Waals surface area contributed by atoms with Gasteiger partial charge in [0.2, 0.25) is 10.0 Å². The quantitative estimate of drug-likeness (QED) is 0.677. The van der Waals surface area contributed by atoms with Crippen LogP contribution < -0.4 is 10.0 Å². The molecule has 0 radical (unpaired) electrons. The summed E-state index contributed by atoms with van der Waals surface area (Å²) in [5.41, 5.74) is -0.271. The first-order valence-electron chi connectivity index (χ1n) is 5.03. The Labute approximate surface area is 86.5 Å². The zero-order chi connectivity index (χ0) is 10.8. The van der Waals surface area contributed by atoms with Gasteiger partial charge in [0.25, 0.3) is 0 Å². The highest BCUT2D eigenvalue weighted by Crippen LogP contribution is 2.39. The van der Waals surface area contributed by atoms with Crippen LogP contribution >= 0.6 is 0 Å². The van der Waals surface area contributed by atoms with Crippen molar-refractivity contribution in [3.63, 3.8) is 0 Å². The van der Waals surface area contributed by atoms with E-state index in [0.717, 1.165) is 12.8 Å². The Hall–Kier alpha value is -0.130. The van der Waals surface area contributed by atoms with E-state index in [1.165, 1.54) is 0 Å². The van der Waals surface area contributed by atoms with Gasteiger partial charge in [-0.05, 0) is 39.7 Å². The minimum absolute atomic E-state index is 0.152. The summed E-state index contributed by atoms with van der Waals surface area (Å²) in [5.74, 6) is 0.673. The second kappa shape index (κ2) is 4.16. The molecule has 1 aliphatic rings. The van der Waals surface area contributed by atoms with Crippen LogP contribution in [0.25, 0.3) is 0 Å². The maximum Gasteiger partial charge on any atom is 0.213 e. The van der Waals surface area contributed by atoms with Crippen LogP contribution in [0.2, 0.25) is 0 Å². The zero-order valence-corrected chi connectivity index (χ0v) is 9.95. The van der Waals surface area contributed by atoms with Crippen molar-refractivity contribution >= 4 is 10.0 Å². The third-order valence-electron chi connectivity index (χ3n) is 2.64. The van der Waals surface area contributed by atoms with Crippen LogP contribution in [0.3, 0.4) is 0 Å². The van der Waals surface area contributed by atoms with E-state index in [1.54, 1.807) is 7.05 Å². The second-order valence-electron chi connectivity index (χ2n) is 4.52. The summed E-state index contributed by atoms with van der Waals surface area (Å²) in [4.78, 5) is 0. The van der Waals surface area contributed by atoms with E-state index < -0.39 is 10.0 Å². The Morgan fingerprint density at radius 1 is 1.36 bits per heavy atom. The van der Waals surface area contributed by atoms with E-state index in [-0.39, 0.29) is 11.3 Å². The minimum atomic E-state index is -3.12. The molecule has 14 heavy (non-hydrogen) atoms. The van der Waals surface area contributed by atoms with E-state index in [2.05, 4.69) is 10.0 Å². The molecule has 0 heterocycles. The van der Waals surface area contributed by atoms with Crippen LogP contribution in [0, 0.1) is 5.92 Å². The van der Waals surface area contributed by atoms with E-state index in [1.807, 2.05) is 13.8 Å². The Kier molecular flexibility index (Phi) is 3.55. The van der Waals surface area contributed by atoms with Gasteiger partial charge < -0.3 is 5.32 Å². The lowest BCUT2D eigenvalue weighted by atomic mass is 10.0. The van der Waals surface area contributed by atoms with E-state index in [4.69, 9.17) is 0 Å². The normalized spacial score (nSPS) is 18.5. The first-order valence-corrected chi connectivity index (χ1v) is 6.69. The Bertz CT molecular complexity index is 281. The number of nitrogens with one attached hydrogen (secondary N) is 2. The topological polar surface area (TPSA) is 58.2 Å². The van der Waals surface area contributed by atoms with Crippen LogP contribution in [-0.2, 0) is 10.0 Å². The molecule has 1 aliphatic carbocycles. The largest absolute Gasteiger partial charge is 0.319 e.